The van der Waals surface area contributed by atoms with E-state index in [1.165, 1.54) is 24.7 Å². The Kier molecular flexibility index (Phi) is 3.38. The van der Waals surface area contributed by atoms with Gasteiger partial charge in [0.25, 0.3) is 5.91 Å². The molecule has 1 aromatic rings. The Labute approximate surface area is 117 Å². The molecule has 0 aromatic carbocycles. The largest absolute Gasteiger partial charge is 0.358 e. The number of carbonyl (C=O) groups excluding carboxylic acids is 2. The number of hydrogen-bond donors (Lipinski definition) is 1. The monoisotopic (exact) mass is 274 g/mol. The number of imide groups is 1. The van der Waals surface area contributed by atoms with Crippen LogP contribution in [0.1, 0.15) is 36.9 Å². The normalized spacial score (nSPS) is 22.6. The second kappa shape index (κ2) is 5.19. The van der Waals surface area contributed by atoms with Gasteiger partial charge in [-0.1, -0.05) is 6.42 Å². The van der Waals surface area contributed by atoms with Gasteiger partial charge >= 0.3 is 0 Å². The third-order valence-electron chi connectivity index (χ3n) is 4.07. The van der Waals surface area contributed by atoms with Crippen molar-refractivity contribution in [1.82, 2.24) is 14.9 Å². The van der Waals surface area contributed by atoms with E-state index in [-0.39, 0.29) is 18.2 Å². The third kappa shape index (κ3) is 2.26. The number of rotatable bonds is 2. The Balaban J connectivity index is 1.85. The maximum atomic E-state index is 12.0. The Morgan fingerprint density at radius 3 is 2.75 bits per heavy atom. The van der Waals surface area contributed by atoms with Crippen molar-refractivity contribution < 1.29 is 9.59 Å². The minimum absolute atomic E-state index is 0.146. The van der Waals surface area contributed by atoms with Crippen LogP contribution in [0.25, 0.3) is 0 Å². The maximum Gasteiger partial charge on any atom is 0.251 e. The predicted octanol–water partition coefficient (Wildman–Crippen LogP) is 0.915. The lowest BCUT2D eigenvalue weighted by Gasteiger charge is -2.15. The fourth-order valence-corrected chi connectivity index (χ4v) is 2.86. The molecule has 0 spiro atoms. The van der Waals surface area contributed by atoms with Crippen molar-refractivity contribution in [1.29, 1.82) is 0 Å². The van der Waals surface area contributed by atoms with E-state index < -0.39 is 6.04 Å². The smallest absolute Gasteiger partial charge is 0.251 e. The van der Waals surface area contributed by atoms with Gasteiger partial charge in [-0.3, -0.25) is 14.5 Å². The van der Waals surface area contributed by atoms with E-state index in [4.69, 9.17) is 0 Å². The number of likely N-dealkylation sites (tertiary alicyclic amines) is 1. The summed E-state index contributed by atoms with van der Waals surface area (Å²) in [4.78, 5) is 33.3. The molecular formula is C14H18N4O2. The molecule has 1 saturated heterocycles. The van der Waals surface area contributed by atoms with Crippen LogP contribution in [0.15, 0.2) is 6.33 Å². The van der Waals surface area contributed by atoms with Gasteiger partial charge in [-0.25, -0.2) is 9.97 Å². The molecule has 1 aliphatic carbocycles. The fraction of sp³-hybridized carbons (Fsp3) is 0.571. The number of amides is 2. The van der Waals surface area contributed by atoms with Gasteiger partial charge in [0.2, 0.25) is 5.91 Å². The molecule has 0 radical (unpaired) electrons. The molecule has 1 unspecified atom stereocenters. The van der Waals surface area contributed by atoms with E-state index in [9.17, 15) is 9.59 Å². The van der Waals surface area contributed by atoms with Crippen LogP contribution in [-0.2, 0) is 22.4 Å². The highest BCUT2D eigenvalue weighted by Gasteiger charge is 2.36. The number of carbonyl (C=O) groups is 2. The summed E-state index contributed by atoms with van der Waals surface area (Å²) in [5.41, 5.74) is 2.19. The summed E-state index contributed by atoms with van der Waals surface area (Å²) in [6, 6.07) is -0.491. The van der Waals surface area contributed by atoms with Crippen molar-refractivity contribution in [2.75, 3.05) is 12.4 Å². The van der Waals surface area contributed by atoms with Crippen molar-refractivity contribution in [2.45, 2.75) is 44.6 Å². The molecule has 6 nitrogen and oxygen atoms in total. The predicted molar refractivity (Wildman–Crippen MR) is 73.1 cm³/mol. The number of fused-ring (bicyclic) bond motifs is 1. The highest BCUT2D eigenvalue weighted by Crippen LogP contribution is 2.25. The third-order valence-corrected chi connectivity index (χ3v) is 4.07. The molecule has 6 heteroatoms. The molecule has 2 amide bonds. The van der Waals surface area contributed by atoms with Crippen LogP contribution < -0.4 is 5.32 Å². The van der Waals surface area contributed by atoms with E-state index in [2.05, 4.69) is 15.3 Å². The maximum absolute atomic E-state index is 12.0. The lowest BCUT2D eigenvalue weighted by atomic mass is 10.1. The molecule has 106 valence electrons. The van der Waals surface area contributed by atoms with Gasteiger partial charge in [-0.15, -0.1) is 0 Å². The topological polar surface area (TPSA) is 75.2 Å². The van der Waals surface area contributed by atoms with Gasteiger partial charge in [-0.2, -0.15) is 0 Å². The summed E-state index contributed by atoms with van der Waals surface area (Å²) in [7, 11) is 1.52. The van der Waals surface area contributed by atoms with E-state index in [0.29, 0.717) is 0 Å². The second-order valence-electron chi connectivity index (χ2n) is 5.40. The zero-order valence-electron chi connectivity index (χ0n) is 11.6. The van der Waals surface area contributed by atoms with Crippen LogP contribution in [0.2, 0.25) is 0 Å². The summed E-state index contributed by atoms with van der Waals surface area (Å²) in [6.07, 6.45) is 7.09. The number of likely N-dealkylation sites (N-methyl/N-ethyl adjacent to an activating group) is 1. The van der Waals surface area contributed by atoms with Crippen molar-refractivity contribution >= 4 is 17.6 Å². The SMILES string of the molecule is CN1C(=O)CC(Nc2ncnc3c2CCCCC3)C1=O. The first kappa shape index (κ1) is 13.0. The quantitative estimate of drug-likeness (QED) is 0.641. The first-order chi connectivity index (χ1) is 9.66. The van der Waals surface area contributed by atoms with Gasteiger partial charge in [0.15, 0.2) is 0 Å². The number of aromatic nitrogens is 2. The molecule has 0 bridgehead atoms. The molecule has 20 heavy (non-hydrogen) atoms. The summed E-state index contributed by atoms with van der Waals surface area (Å²) in [5, 5.41) is 3.14. The van der Waals surface area contributed by atoms with Crippen LogP contribution >= 0.6 is 0 Å². The molecular weight excluding hydrogens is 256 g/mol. The standard InChI is InChI=1S/C14H18N4O2/c1-18-12(19)7-11(14(18)20)17-13-9-5-3-2-4-6-10(9)15-8-16-13/h8,11H,2-7H2,1H3,(H,15,16,17). The molecule has 1 N–H and O–H groups in total. The van der Waals surface area contributed by atoms with Gasteiger partial charge in [0.1, 0.15) is 18.2 Å². The van der Waals surface area contributed by atoms with Crippen LogP contribution in [0.4, 0.5) is 5.82 Å². The van der Waals surface area contributed by atoms with Crippen molar-refractivity contribution in [2.24, 2.45) is 0 Å². The van der Waals surface area contributed by atoms with E-state index in [0.717, 1.165) is 42.8 Å². The zero-order chi connectivity index (χ0) is 14.1. The van der Waals surface area contributed by atoms with Gasteiger partial charge in [0, 0.05) is 18.3 Å². The lowest BCUT2D eigenvalue weighted by Crippen LogP contribution is -2.32. The average molecular weight is 274 g/mol. The first-order valence-electron chi connectivity index (χ1n) is 7.06. The minimum atomic E-state index is -0.491. The van der Waals surface area contributed by atoms with Gasteiger partial charge < -0.3 is 5.32 Å². The number of nitrogens with zero attached hydrogens (tertiary/aromatic N) is 3. The van der Waals surface area contributed by atoms with Crippen LogP contribution in [0, 0.1) is 0 Å². The highest BCUT2D eigenvalue weighted by molar-refractivity contribution is 6.06. The lowest BCUT2D eigenvalue weighted by molar-refractivity contribution is -0.136. The van der Waals surface area contributed by atoms with Crippen molar-refractivity contribution in [3.63, 3.8) is 0 Å². The van der Waals surface area contributed by atoms with Gasteiger partial charge in [-0.05, 0) is 25.7 Å². The van der Waals surface area contributed by atoms with Crippen LogP contribution in [0.5, 0.6) is 0 Å². The fourth-order valence-electron chi connectivity index (χ4n) is 2.86. The second-order valence-corrected chi connectivity index (χ2v) is 5.40. The summed E-state index contributed by atoms with van der Waals surface area (Å²) in [6.45, 7) is 0. The van der Waals surface area contributed by atoms with E-state index in [1.54, 1.807) is 0 Å². The molecule has 2 heterocycles. The Hall–Kier alpha value is -1.98. The molecule has 0 saturated carbocycles. The number of anilines is 1. The molecule has 1 fully saturated rings. The van der Waals surface area contributed by atoms with Gasteiger partial charge in [0.05, 0.1) is 6.42 Å². The van der Waals surface area contributed by atoms with Crippen molar-refractivity contribution in [3.8, 4) is 0 Å². The first-order valence-corrected chi connectivity index (χ1v) is 7.06. The summed E-state index contributed by atoms with van der Waals surface area (Å²) < 4.78 is 0. The molecule has 1 aliphatic heterocycles. The Morgan fingerprint density at radius 1 is 1.20 bits per heavy atom. The summed E-state index contributed by atoms with van der Waals surface area (Å²) in [5.74, 6) is 0.391. The minimum Gasteiger partial charge on any atom is -0.358 e. The molecule has 3 rings (SSSR count). The summed E-state index contributed by atoms with van der Waals surface area (Å²) >= 11 is 0. The highest BCUT2D eigenvalue weighted by atomic mass is 16.2. The molecule has 2 aliphatic rings. The number of nitrogens with one attached hydrogen (secondary N) is 1. The average Bonchev–Trinajstić information content (AvgIpc) is 2.66. The molecule has 1 atom stereocenters. The van der Waals surface area contributed by atoms with Crippen molar-refractivity contribution in [3.05, 3.63) is 17.6 Å². The molecule has 1 aromatic heterocycles. The Bertz CT molecular complexity index is 558. The number of hydrogen-bond acceptors (Lipinski definition) is 5. The van der Waals surface area contributed by atoms with E-state index in [1.807, 2.05) is 0 Å². The Morgan fingerprint density at radius 2 is 2.00 bits per heavy atom. The zero-order valence-corrected chi connectivity index (χ0v) is 11.6. The van der Waals surface area contributed by atoms with Crippen LogP contribution in [-0.4, -0.2) is 39.8 Å². The van der Waals surface area contributed by atoms with E-state index >= 15 is 0 Å². The number of aryl methyl sites for hydroxylation is 1. The van der Waals surface area contributed by atoms with Crippen LogP contribution in [0.3, 0.4) is 0 Å².